The molecule has 1 aromatic rings. The Morgan fingerprint density at radius 1 is 1.23 bits per heavy atom. The minimum Gasteiger partial charge on any atom is -0.220 e. The third-order valence-corrected chi connectivity index (χ3v) is 3.61. The molecule has 0 radical (unpaired) electrons. The Morgan fingerprint density at radius 2 is 1.69 bits per heavy atom. The van der Waals surface area contributed by atoms with E-state index in [1.54, 1.807) is 0 Å². The first kappa shape index (κ1) is 11.5. The van der Waals surface area contributed by atoms with Gasteiger partial charge in [0.1, 0.15) is 16.1 Å². The van der Waals surface area contributed by atoms with Gasteiger partial charge in [0, 0.05) is 6.42 Å². The molecule has 0 saturated heterocycles. The fourth-order valence-corrected chi connectivity index (χ4v) is 1.56. The van der Waals surface area contributed by atoms with Crippen molar-refractivity contribution in [3.63, 3.8) is 0 Å². The highest BCUT2D eigenvalue weighted by Crippen LogP contribution is 2.23. The zero-order valence-corrected chi connectivity index (χ0v) is 11.0. The molecule has 5 heteroatoms. The number of nitrogens with zero attached hydrogens (tertiary/aromatic N) is 2. The summed E-state index contributed by atoms with van der Waals surface area (Å²) in [6.07, 6.45) is 0.802. The van der Waals surface area contributed by atoms with Crippen LogP contribution in [-0.2, 0) is 6.42 Å². The molecule has 0 aromatic carbocycles. The van der Waals surface area contributed by atoms with Crippen LogP contribution in [0.2, 0.25) is 10.3 Å². The van der Waals surface area contributed by atoms with Gasteiger partial charge in [-0.05, 0) is 28.5 Å². The van der Waals surface area contributed by atoms with E-state index in [1.165, 1.54) is 0 Å². The highest BCUT2D eigenvalue weighted by atomic mass is 127. The molecule has 0 bridgehead atoms. The molecule has 0 spiro atoms. The van der Waals surface area contributed by atoms with Crippen molar-refractivity contribution in [1.82, 2.24) is 9.97 Å². The summed E-state index contributed by atoms with van der Waals surface area (Å²) in [6, 6.07) is 0. The number of rotatable bonds is 2. The molecular weight excluding hydrogens is 322 g/mol. The van der Waals surface area contributed by atoms with Gasteiger partial charge in [-0.2, -0.15) is 0 Å². The van der Waals surface area contributed by atoms with Crippen molar-refractivity contribution in [3.8, 4) is 0 Å². The van der Waals surface area contributed by atoms with Crippen LogP contribution in [0.1, 0.15) is 19.7 Å². The van der Waals surface area contributed by atoms with Crippen LogP contribution in [-0.4, -0.2) is 9.97 Å². The first-order chi connectivity index (χ1) is 6.00. The maximum atomic E-state index is 5.86. The molecule has 0 atom stereocenters. The Labute approximate surface area is 101 Å². The van der Waals surface area contributed by atoms with E-state index in [1.807, 2.05) is 22.6 Å². The highest BCUT2D eigenvalue weighted by molar-refractivity contribution is 14.1. The second-order valence-corrected chi connectivity index (χ2v) is 4.93. The van der Waals surface area contributed by atoms with Gasteiger partial charge in [0.2, 0.25) is 0 Å². The highest BCUT2D eigenvalue weighted by Gasteiger charge is 2.09. The molecule has 0 amide bonds. The number of aromatic nitrogens is 2. The van der Waals surface area contributed by atoms with Crippen molar-refractivity contribution in [2.45, 2.75) is 20.3 Å². The van der Waals surface area contributed by atoms with Crippen molar-refractivity contribution >= 4 is 45.8 Å². The monoisotopic (exact) mass is 330 g/mol. The standard InChI is InChI=1S/C8H9Cl2IN2/c1-4(2)3-5-12-7(9)6(11)8(10)13-5/h4H,3H2,1-2H3. The van der Waals surface area contributed by atoms with Crippen molar-refractivity contribution in [1.29, 1.82) is 0 Å². The van der Waals surface area contributed by atoms with Crippen LogP contribution in [0.15, 0.2) is 0 Å². The molecule has 0 fully saturated rings. The number of hydrogen-bond acceptors (Lipinski definition) is 2. The van der Waals surface area contributed by atoms with Crippen molar-refractivity contribution in [3.05, 3.63) is 19.7 Å². The second kappa shape index (κ2) is 4.75. The van der Waals surface area contributed by atoms with Gasteiger partial charge in [-0.15, -0.1) is 0 Å². The molecule has 1 heterocycles. The average Bonchev–Trinajstić information content (AvgIpc) is 1.98. The van der Waals surface area contributed by atoms with Crippen molar-refractivity contribution in [2.75, 3.05) is 0 Å². The van der Waals surface area contributed by atoms with Crippen molar-refractivity contribution in [2.24, 2.45) is 5.92 Å². The first-order valence-corrected chi connectivity index (χ1v) is 5.71. The normalized spacial score (nSPS) is 10.9. The molecule has 13 heavy (non-hydrogen) atoms. The van der Waals surface area contributed by atoms with E-state index in [-0.39, 0.29) is 0 Å². The van der Waals surface area contributed by atoms with E-state index in [9.17, 15) is 0 Å². The molecular formula is C8H9Cl2IN2. The van der Waals surface area contributed by atoms with E-state index in [0.29, 0.717) is 25.6 Å². The summed E-state index contributed by atoms with van der Waals surface area (Å²) in [5.41, 5.74) is 0. The van der Waals surface area contributed by atoms with Gasteiger partial charge in [0.05, 0.1) is 3.57 Å². The van der Waals surface area contributed by atoms with Gasteiger partial charge in [-0.25, -0.2) is 9.97 Å². The molecule has 0 aliphatic heterocycles. The van der Waals surface area contributed by atoms with Gasteiger partial charge < -0.3 is 0 Å². The van der Waals surface area contributed by atoms with Gasteiger partial charge in [-0.3, -0.25) is 0 Å². The minimum atomic E-state index is 0.441. The van der Waals surface area contributed by atoms with Crippen LogP contribution in [0.4, 0.5) is 0 Å². The zero-order valence-electron chi connectivity index (χ0n) is 7.31. The van der Waals surface area contributed by atoms with Crippen LogP contribution in [0.3, 0.4) is 0 Å². The number of hydrogen-bond donors (Lipinski definition) is 0. The van der Waals surface area contributed by atoms with Crippen molar-refractivity contribution < 1.29 is 0 Å². The van der Waals surface area contributed by atoms with Crippen LogP contribution < -0.4 is 0 Å². The summed E-state index contributed by atoms with van der Waals surface area (Å²) in [5.74, 6) is 1.22. The fourth-order valence-electron chi connectivity index (χ4n) is 0.891. The van der Waals surface area contributed by atoms with Crippen LogP contribution >= 0.6 is 45.8 Å². The van der Waals surface area contributed by atoms with E-state index < -0.39 is 0 Å². The SMILES string of the molecule is CC(C)Cc1nc(Cl)c(I)c(Cl)n1. The minimum absolute atomic E-state index is 0.441. The lowest BCUT2D eigenvalue weighted by Crippen LogP contribution is -2.02. The quantitative estimate of drug-likeness (QED) is 0.611. The lowest BCUT2D eigenvalue weighted by atomic mass is 10.1. The van der Waals surface area contributed by atoms with E-state index in [0.717, 1.165) is 6.42 Å². The van der Waals surface area contributed by atoms with Crippen LogP contribution in [0, 0.1) is 9.49 Å². The smallest absolute Gasteiger partial charge is 0.147 e. The lowest BCUT2D eigenvalue weighted by Gasteiger charge is -2.05. The van der Waals surface area contributed by atoms with Gasteiger partial charge in [0.25, 0.3) is 0 Å². The lowest BCUT2D eigenvalue weighted by molar-refractivity contribution is 0.620. The second-order valence-electron chi connectivity index (χ2n) is 3.13. The molecule has 72 valence electrons. The summed E-state index contributed by atoms with van der Waals surface area (Å²) >= 11 is 13.7. The Morgan fingerprint density at radius 3 is 2.08 bits per heavy atom. The third kappa shape index (κ3) is 3.22. The summed E-state index contributed by atoms with van der Waals surface area (Å²) in [4.78, 5) is 8.27. The molecule has 1 aromatic heterocycles. The van der Waals surface area contributed by atoms with Crippen LogP contribution in [0.25, 0.3) is 0 Å². The molecule has 2 nitrogen and oxygen atoms in total. The Hall–Kier alpha value is 0.390. The number of halogens is 3. The third-order valence-electron chi connectivity index (χ3n) is 1.41. The fraction of sp³-hybridized carbons (Fsp3) is 0.500. The maximum absolute atomic E-state index is 5.86. The topological polar surface area (TPSA) is 25.8 Å². The predicted octanol–water partition coefficient (Wildman–Crippen LogP) is 3.59. The Bertz CT molecular complexity index is 292. The van der Waals surface area contributed by atoms with E-state index >= 15 is 0 Å². The summed E-state index contributed by atoms with van der Waals surface area (Å²) in [6.45, 7) is 4.20. The molecule has 0 saturated carbocycles. The predicted molar refractivity (Wildman–Crippen MR) is 63.3 cm³/mol. The van der Waals surface area contributed by atoms with Gasteiger partial charge in [0.15, 0.2) is 0 Å². The van der Waals surface area contributed by atoms with E-state index in [2.05, 4.69) is 23.8 Å². The summed E-state index contributed by atoms with van der Waals surface area (Å²) in [7, 11) is 0. The summed E-state index contributed by atoms with van der Waals surface area (Å²) in [5, 5.41) is 0.882. The molecule has 0 aliphatic rings. The summed E-state index contributed by atoms with van der Waals surface area (Å²) < 4.78 is 0.716. The molecule has 0 unspecified atom stereocenters. The van der Waals surface area contributed by atoms with Crippen LogP contribution in [0.5, 0.6) is 0 Å². The Balaban J connectivity index is 2.99. The zero-order chi connectivity index (χ0) is 10.0. The Kier molecular flexibility index (Phi) is 4.19. The average molecular weight is 331 g/mol. The molecule has 0 aliphatic carbocycles. The van der Waals surface area contributed by atoms with E-state index in [4.69, 9.17) is 23.2 Å². The van der Waals surface area contributed by atoms with Gasteiger partial charge >= 0.3 is 0 Å². The molecule has 0 N–H and O–H groups in total. The van der Waals surface area contributed by atoms with Gasteiger partial charge in [-0.1, -0.05) is 37.0 Å². The largest absolute Gasteiger partial charge is 0.220 e. The first-order valence-electron chi connectivity index (χ1n) is 3.88. The maximum Gasteiger partial charge on any atom is 0.147 e. The molecule has 1 rings (SSSR count).